The molecule has 0 saturated carbocycles. The van der Waals surface area contributed by atoms with Crippen LogP contribution in [0.5, 0.6) is 0 Å². The molecule has 0 spiro atoms. The number of carbonyl (C=O) groups is 2. The summed E-state index contributed by atoms with van der Waals surface area (Å²) >= 11 is 0. The monoisotopic (exact) mass is 292 g/mol. The minimum Gasteiger partial charge on any atom is -0.478 e. The molecular weight excluding hydrogens is 268 g/mol. The van der Waals surface area contributed by atoms with E-state index in [0.717, 1.165) is 38.8 Å². The summed E-state index contributed by atoms with van der Waals surface area (Å²) < 4.78 is 0. The van der Waals surface area contributed by atoms with Crippen LogP contribution in [0.25, 0.3) is 0 Å². The number of hydrogen-bond acceptors (Lipinski definition) is 2. The Bertz CT molecular complexity index is 449. The van der Waals surface area contributed by atoms with Crippen molar-refractivity contribution in [3.05, 3.63) is 29.8 Å². The van der Waals surface area contributed by atoms with Crippen LogP contribution in [-0.4, -0.2) is 35.1 Å². The second-order valence-electron chi connectivity index (χ2n) is 5.01. The first-order valence-electron chi connectivity index (χ1n) is 7.47. The maximum atomic E-state index is 12.2. The molecular formula is C16H24N2O3. The number of amides is 2. The molecule has 0 fully saturated rings. The van der Waals surface area contributed by atoms with Gasteiger partial charge in [0.05, 0.1) is 5.56 Å². The normalized spacial score (nSPS) is 10.2. The lowest BCUT2D eigenvalue weighted by Gasteiger charge is -2.22. The van der Waals surface area contributed by atoms with Crippen LogP contribution in [0.2, 0.25) is 0 Å². The quantitative estimate of drug-likeness (QED) is 0.765. The molecule has 0 atom stereocenters. The zero-order valence-electron chi connectivity index (χ0n) is 12.8. The van der Waals surface area contributed by atoms with E-state index in [-0.39, 0.29) is 11.6 Å². The molecule has 0 aliphatic carbocycles. The van der Waals surface area contributed by atoms with Crippen LogP contribution in [0.1, 0.15) is 49.9 Å². The molecule has 0 radical (unpaired) electrons. The second kappa shape index (κ2) is 9.00. The van der Waals surface area contributed by atoms with Gasteiger partial charge < -0.3 is 15.3 Å². The average molecular weight is 292 g/mol. The number of benzene rings is 1. The van der Waals surface area contributed by atoms with Crippen LogP contribution in [-0.2, 0) is 0 Å². The molecule has 0 unspecified atom stereocenters. The fraction of sp³-hybridized carbons (Fsp3) is 0.500. The molecule has 0 aliphatic rings. The number of nitrogens with one attached hydrogen (secondary N) is 1. The number of hydrogen-bond donors (Lipinski definition) is 2. The van der Waals surface area contributed by atoms with Crippen molar-refractivity contribution >= 4 is 17.7 Å². The van der Waals surface area contributed by atoms with Crippen molar-refractivity contribution in [1.82, 2.24) is 4.90 Å². The Morgan fingerprint density at radius 1 is 1.05 bits per heavy atom. The summed E-state index contributed by atoms with van der Waals surface area (Å²) in [6.45, 7) is 5.69. The van der Waals surface area contributed by atoms with E-state index < -0.39 is 5.97 Å². The second-order valence-corrected chi connectivity index (χ2v) is 5.01. The minimum atomic E-state index is -0.972. The molecule has 0 aromatic heterocycles. The molecule has 5 heteroatoms. The van der Waals surface area contributed by atoms with Gasteiger partial charge in [0.15, 0.2) is 0 Å². The third-order valence-corrected chi connectivity index (χ3v) is 3.23. The Balaban J connectivity index is 2.64. The van der Waals surface area contributed by atoms with Gasteiger partial charge in [-0.3, -0.25) is 0 Å². The highest BCUT2D eigenvalue weighted by Gasteiger charge is 2.12. The van der Waals surface area contributed by atoms with Crippen molar-refractivity contribution in [1.29, 1.82) is 0 Å². The number of unbranched alkanes of at least 4 members (excludes halogenated alkanes) is 2. The molecule has 0 aliphatic heterocycles. The first kappa shape index (κ1) is 17.0. The summed E-state index contributed by atoms with van der Waals surface area (Å²) in [4.78, 5) is 24.8. The lowest BCUT2D eigenvalue weighted by Crippen LogP contribution is -2.36. The molecule has 1 aromatic carbocycles. The number of carboxylic acid groups (broad SMARTS) is 1. The molecule has 0 saturated heterocycles. The van der Waals surface area contributed by atoms with E-state index >= 15 is 0 Å². The van der Waals surface area contributed by atoms with Crippen LogP contribution in [0, 0.1) is 0 Å². The Kier molecular flexibility index (Phi) is 7.29. The lowest BCUT2D eigenvalue weighted by molar-refractivity contribution is 0.0697. The zero-order valence-corrected chi connectivity index (χ0v) is 12.8. The van der Waals surface area contributed by atoms with Crippen molar-refractivity contribution in [2.24, 2.45) is 0 Å². The number of aromatic carboxylic acids is 1. The SMILES string of the molecule is CCCCN(CCCC)C(=O)Nc1ccc(C(=O)O)cc1. The topological polar surface area (TPSA) is 69.6 Å². The average Bonchev–Trinajstić information content (AvgIpc) is 2.47. The first-order valence-corrected chi connectivity index (χ1v) is 7.47. The Hall–Kier alpha value is -2.04. The Morgan fingerprint density at radius 3 is 2.00 bits per heavy atom. The smallest absolute Gasteiger partial charge is 0.335 e. The Labute approximate surface area is 126 Å². The van der Waals surface area contributed by atoms with Gasteiger partial charge in [-0.2, -0.15) is 0 Å². The third-order valence-electron chi connectivity index (χ3n) is 3.23. The van der Waals surface area contributed by atoms with Crippen LogP contribution in [0.15, 0.2) is 24.3 Å². The van der Waals surface area contributed by atoms with Gasteiger partial charge in [-0.1, -0.05) is 26.7 Å². The van der Waals surface area contributed by atoms with Gasteiger partial charge >= 0.3 is 12.0 Å². The van der Waals surface area contributed by atoms with Crippen molar-refractivity contribution < 1.29 is 14.7 Å². The van der Waals surface area contributed by atoms with Gasteiger partial charge in [0, 0.05) is 18.8 Å². The molecule has 1 aromatic rings. The molecule has 2 N–H and O–H groups in total. The summed E-state index contributed by atoms with van der Waals surface area (Å²) in [5.41, 5.74) is 0.824. The lowest BCUT2D eigenvalue weighted by atomic mass is 10.2. The van der Waals surface area contributed by atoms with E-state index in [2.05, 4.69) is 19.2 Å². The summed E-state index contributed by atoms with van der Waals surface area (Å²) in [6.07, 6.45) is 4.05. The minimum absolute atomic E-state index is 0.125. The fourth-order valence-corrected chi connectivity index (χ4v) is 1.91. The van der Waals surface area contributed by atoms with Gasteiger partial charge in [-0.15, -0.1) is 0 Å². The fourth-order valence-electron chi connectivity index (χ4n) is 1.91. The largest absolute Gasteiger partial charge is 0.478 e. The van der Waals surface area contributed by atoms with Gasteiger partial charge in [-0.05, 0) is 37.1 Å². The zero-order chi connectivity index (χ0) is 15.7. The highest BCUT2D eigenvalue weighted by atomic mass is 16.4. The van der Waals surface area contributed by atoms with E-state index in [1.807, 2.05) is 4.90 Å². The van der Waals surface area contributed by atoms with Crippen molar-refractivity contribution in [2.75, 3.05) is 18.4 Å². The van der Waals surface area contributed by atoms with E-state index in [1.54, 1.807) is 12.1 Å². The summed E-state index contributed by atoms with van der Waals surface area (Å²) in [7, 11) is 0. The summed E-state index contributed by atoms with van der Waals surface area (Å²) in [5, 5.41) is 11.7. The molecule has 5 nitrogen and oxygen atoms in total. The van der Waals surface area contributed by atoms with Gasteiger partial charge in [0.2, 0.25) is 0 Å². The molecule has 1 rings (SSSR count). The first-order chi connectivity index (χ1) is 10.1. The number of rotatable bonds is 8. The maximum Gasteiger partial charge on any atom is 0.335 e. The molecule has 2 amide bonds. The van der Waals surface area contributed by atoms with Crippen LogP contribution < -0.4 is 5.32 Å². The van der Waals surface area contributed by atoms with E-state index in [0.29, 0.717) is 5.69 Å². The maximum absolute atomic E-state index is 12.2. The van der Waals surface area contributed by atoms with Gasteiger partial charge in [0.1, 0.15) is 0 Å². The highest BCUT2D eigenvalue weighted by Crippen LogP contribution is 2.11. The van der Waals surface area contributed by atoms with Crippen molar-refractivity contribution in [3.8, 4) is 0 Å². The summed E-state index contributed by atoms with van der Waals surface area (Å²) in [5.74, 6) is -0.972. The number of carbonyl (C=O) groups excluding carboxylic acids is 1. The predicted octanol–water partition coefficient (Wildman–Crippen LogP) is 3.82. The van der Waals surface area contributed by atoms with Gasteiger partial charge in [0.25, 0.3) is 0 Å². The molecule has 116 valence electrons. The Morgan fingerprint density at radius 2 is 1.57 bits per heavy atom. The van der Waals surface area contributed by atoms with E-state index in [1.165, 1.54) is 12.1 Å². The van der Waals surface area contributed by atoms with E-state index in [4.69, 9.17) is 5.11 Å². The highest BCUT2D eigenvalue weighted by molar-refractivity contribution is 5.91. The summed E-state index contributed by atoms with van der Waals surface area (Å²) in [6, 6.07) is 6.07. The molecule has 0 bridgehead atoms. The van der Waals surface area contributed by atoms with Crippen molar-refractivity contribution in [3.63, 3.8) is 0 Å². The van der Waals surface area contributed by atoms with E-state index in [9.17, 15) is 9.59 Å². The van der Waals surface area contributed by atoms with Gasteiger partial charge in [-0.25, -0.2) is 9.59 Å². The van der Waals surface area contributed by atoms with Crippen LogP contribution >= 0.6 is 0 Å². The predicted molar refractivity (Wildman–Crippen MR) is 83.8 cm³/mol. The number of urea groups is 1. The number of anilines is 1. The number of nitrogens with zero attached hydrogens (tertiary/aromatic N) is 1. The van der Waals surface area contributed by atoms with Crippen LogP contribution in [0.3, 0.4) is 0 Å². The van der Waals surface area contributed by atoms with Crippen LogP contribution in [0.4, 0.5) is 10.5 Å². The third kappa shape index (κ3) is 5.85. The molecule has 21 heavy (non-hydrogen) atoms. The standard InChI is InChI=1S/C16H24N2O3/c1-3-5-11-18(12-6-4-2)16(21)17-14-9-7-13(8-10-14)15(19)20/h7-10H,3-6,11-12H2,1-2H3,(H,17,21)(H,19,20). The molecule has 0 heterocycles. The number of carboxylic acids is 1. The van der Waals surface area contributed by atoms with Crippen molar-refractivity contribution in [2.45, 2.75) is 39.5 Å².